The third kappa shape index (κ3) is 2.45. The monoisotopic (exact) mass is 227 g/mol. The van der Waals surface area contributed by atoms with Crippen LogP contribution in [0.2, 0.25) is 0 Å². The Hall–Kier alpha value is 0.130. The lowest BCUT2D eigenvalue weighted by Crippen LogP contribution is -2.52. The Labute approximate surface area is 97.3 Å². The fourth-order valence-corrected chi connectivity index (χ4v) is 3.63. The zero-order valence-electron chi connectivity index (χ0n) is 10.4. The molecule has 1 rings (SSSR count). The Kier molecular flexibility index (Phi) is 4.80. The summed E-state index contributed by atoms with van der Waals surface area (Å²) in [5.74, 6) is 1.41. The highest BCUT2D eigenvalue weighted by Crippen LogP contribution is 2.46. The van der Waals surface area contributed by atoms with Crippen molar-refractivity contribution in [3.05, 3.63) is 12.7 Å². The van der Waals surface area contributed by atoms with E-state index in [1.54, 1.807) is 0 Å². The average Bonchev–Trinajstić information content (AvgIpc) is 2.28. The molecule has 1 nitrogen and oxygen atoms in total. The fraction of sp³-hybridized carbons (Fsp3) is 0.846. The number of rotatable bonds is 4. The summed E-state index contributed by atoms with van der Waals surface area (Å²) in [5, 5.41) is 3.89. The summed E-state index contributed by atoms with van der Waals surface area (Å²) in [6.07, 6.45) is 7.34. The van der Waals surface area contributed by atoms with Gasteiger partial charge >= 0.3 is 0 Å². The van der Waals surface area contributed by atoms with E-state index in [2.05, 4.69) is 48.1 Å². The highest BCUT2D eigenvalue weighted by Gasteiger charge is 2.42. The molecule has 5 atom stereocenters. The SMILES string of the molecule is C=CC1C(NC)C(CC)CCC1(P)CC. The van der Waals surface area contributed by atoms with Crippen LogP contribution in [0, 0.1) is 11.8 Å². The summed E-state index contributed by atoms with van der Waals surface area (Å²) >= 11 is 0. The van der Waals surface area contributed by atoms with Gasteiger partial charge in [-0.05, 0) is 37.4 Å². The van der Waals surface area contributed by atoms with Gasteiger partial charge in [-0.25, -0.2) is 0 Å². The second kappa shape index (κ2) is 5.46. The van der Waals surface area contributed by atoms with Crippen molar-refractivity contribution >= 4 is 9.24 Å². The van der Waals surface area contributed by atoms with Crippen LogP contribution in [0.4, 0.5) is 0 Å². The molecule has 0 heterocycles. The van der Waals surface area contributed by atoms with Gasteiger partial charge in [-0.1, -0.05) is 26.3 Å². The van der Waals surface area contributed by atoms with E-state index in [9.17, 15) is 0 Å². The van der Waals surface area contributed by atoms with E-state index in [4.69, 9.17) is 0 Å². The van der Waals surface area contributed by atoms with Crippen molar-refractivity contribution in [3.8, 4) is 0 Å². The molecule has 0 bridgehead atoms. The largest absolute Gasteiger partial charge is 0.316 e. The summed E-state index contributed by atoms with van der Waals surface area (Å²) in [5.41, 5.74) is 0. The maximum atomic E-state index is 4.04. The first-order valence-electron chi connectivity index (χ1n) is 6.21. The first-order chi connectivity index (χ1) is 7.12. The van der Waals surface area contributed by atoms with Gasteiger partial charge in [-0.2, -0.15) is 0 Å². The Morgan fingerprint density at radius 3 is 2.60 bits per heavy atom. The van der Waals surface area contributed by atoms with E-state index in [0.29, 0.717) is 17.1 Å². The molecule has 1 N–H and O–H groups in total. The highest BCUT2D eigenvalue weighted by molar-refractivity contribution is 7.19. The maximum Gasteiger partial charge on any atom is 0.0163 e. The topological polar surface area (TPSA) is 12.0 Å². The molecule has 0 aliphatic heterocycles. The molecule has 1 aliphatic rings. The third-order valence-corrected chi connectivity index (χ3v) is 5.39. The van der Waals surface area contributed by atoms with Crippen LogP contribution >= 0.6 is 9.24 Å². The summed E-state index contributed by atoms with van der Waals surface area (Å²) in [4.78, 5) is 0. The van der Waals surface area contributed by atoms with E-state index in [1.165, 1.54) is 25.7 Å². The first-order valence-corrected chi connectivity index (χ1v) is 6.79. The molecule has 5 unspecified atom stereocenters. The van der Waals surface area contributed by atoms with E-state index in [-0.39, 0.29) is 0 Å². The lowest BCUT2D eigenvalue weighted by Gasteiger charge is -2.48. The predicted molar refractivity (Wildman–Crippen MR) is 72.3 cm³/mol. The van der Waals surface area contributed by atoms with Crippen LogP contribution < -0.4 is 5.32 Å². The van der Waals surface area contributed by atoms with Crippen LogP contribution in [-0.4, -0.2) is 18.2 Å². The summed E-state index contributed by atoms with van der Waals surface area (Å²) < 4.78 is 0. The van der Waals surface area contributed by atoms with Crippen molar-refractivity contribution in [2.45, 2.75) is 50.7 Å². The van der Waals surface area contributed by atoms with E-state index in [1.807, 2.05) is 0 Å². The molecular weight excluding hydrogens is 201 g/mol. The normalized spacial score (nSPS) is 41.5. The Morgan fingerprint density at radius 2 is 2.20 bits per heavy atom. The molecule has 0 amide bonds. The van der Waals surface area contributed by atoms with Crippen molar-refractivity contribution in [2.24, 2.45) is 11.8 Å². The second-order valence-electron chi connectivity index (χ2n) is 4.87. The molecule has 15 heavy (non-hydrogen) atoms. The smallest absolute Gasteiger partial charge is 0.0163 e. The van der Waals surface area contributed by atoms with Crippen molar-refractivity contribution in [1.29, 1.82) is 0 Å². The van der Waals surface area contributed by atoms with Gasteiger partial charge in [0.25, 0.3) is 0 Å². The van der Waals surface area contributed by atoms with E-state index >= 15 is 0 Å². The molecule has 1 saturated carbocycles. The van der Waals surface area contributed by atoms with Gasteiger partial charge < -0.3 is 5.32 Å². The van der Waals surface area contributed by atoms with Crippen LogP contribution in [0.3, 0.4) is 0 Å². The van der Waals surface area contributed by atoms with Crippen molar-refractivity contribution in [1.82, 2.24) is 5.32 Å². The zero-order valence-corrected chi connectivity index (χ0v) is 11.6. The van der Waals surface area contributed by atoms with E-state index in [0.717, 1.165) is 5.92 Å². The molecule has 0 saturated heterocycles. The number of nitrogens with one attached hydrogen (secondary N) is 1. The molecular formula is C13H26NP. The summed E-state index contributed by atoms with van der Waals surface area (Å²) in [6, 6.07) is 0.610. The van der Waals surface area contributed by atoms with Gasteiger partial charge in [0.15, 0.2) is 0 Å². The first kappa shape index (κ1) is 13.2. The summed E-state index contributed by atoms with van der Waals surface area (Å²) in [7, 11) is 5.20. The number of hydrogen-bond acceptors (Lipinski definition) is 1. The molecule has 0 aromatic carbocycles. The van der Waals surface area contributed by atoms with E-state index < -0.39 is 0 Å². The standard InChI is InChI=1S/C13H26NP/c1-5-10-8-9-13(15,7-3)11(6-2)12(10)14-4/h6,10-12,14H,2,5,7-9,15H2,1,3-4H3. The van der Waals surface area contributed by atoms with Crippen LogP contribution in [0.25, 0.3) is 0 Å². The molecule has 0 spiro atoms. The van der Waals surface area contributed by atoms with Crippen LogP contribution in [0.15, 0.2) is 12.7 Å². The molecule has 1 fully saturated rings. The van der Waals surface area contributed by atoms with Gasteiger partial charge in [-0.15, -0.1) is 15.8 Å². The average molecular weight is 227 g/mol. The third-order valence-electron chi connectivity index (χ3n) is 4.31. The molecule has 0 radical (unpaired) electrons. The predicted octanol–water partition coefficient (Wildman–Crippen LogP) is 3.22. The van der Waals surface area contributed by atoms with Crippen LogP contribution in [0.1, 0.15) is 39.5 Å². The van der Waals surface area contributed by atoms with Gasteiger partial charge in [-0.3, -0.25) is 0 Å². The highest BCUT2D eigenvalue weighted by atomic mass is 31.0. The van der Waals surface area contributed by atoms with Crippen molar-refractivity contribution in [2.75, 3.05) is 7.05 Å². The minimum Gasteiger partial charge on any atom is -0.316 e. The zero-order chi connectivity index (χ0) is 11.5. The molecule has 0 aromatic heterocycles. The fourth-order valence-electron chi connectivity index (χ4n) is 3.12. The lowest BCUT2D eigenvalue weighted by atomic mass is 9.68. The maximum absolute atomic E-state index is 4.04. The molecule has 88 valence electrons. The minimum absolute atomic E-state index is 0.376. The van der Waals surface area contributed by atoms with Crippen LogP contribution in [0.5, 0.6) is 0 Å². The summed E-state index contributed by atoms with van der Waals surface area (Å²) in [6.45, 7) is 8.64. The van der Waals surface area contributed by atoms with Gasteiger partial charge in [0.05, 0.1) is 0 Å². The second-order valence-corrected chi connectivity index (χ2v) is 6.02. The van der Waals surface area contributed by atoms with Gasteiger partial charge in [0.2, 0.25) is 0 Å². The van der Waals surface area contributed by atoms with Gasteiger partial charge in [0, 0.05) is 12.0 Å². The number of hydrogen-bond donors (Lipinski definition) is 1. The van der Waals surface area contributed by atoms with Gasteiger partial charge in [0.1, 0.15) is 0 Å². The van der Waals surface area contributed by atoms with Crippen LogP contribution in [-0.2, 0) is 0 Å². The Balaban J connectivity index is 2.89. The Morgan fingerprint density at radius 1 is 1.53 bits per heavy atom. The van der Waals surface area contributed by atoms with Crippen molar-refractivity contribution < 1.29 is 0 Å². The Bertz CT molecular complexity index is 217. The molecule has 2 heteroatoms. The van der Waals surface area contributed by atoms with Crippen molar-refractivity contribution in [3.63, 3.8) is 0 Å². The molecule has 1 aliphatic carbocycles. The minimum atomic E-state index is 0.376. The quantitative estimate of drug-likeness (QED) is 0.574. The lowest BCUT2D eigenvalue weighted by molar-refractivity contribution is 0.172. The molecule has 0 aromatic rings.